The fourth-order valence-corrected chi connectivity index (χ4v) is 4.06. The number of hydrogen-bond donors (Lipinski definition) is 3. The number of halogens is 1. The van der Waals surface area contributed by atoms with Crippen molar-refractivity contribution in [2.24, 2.45) is 5.92 Å². The first-order valence-corrected chi connectivity index (χ1v) is 10.3. The van der Waals surface area contributed by atoms with Gasteiger partial charge < -0.3 is 20.5 Å². The van der Waals surface area contributed by atoms with E-state index in [0.29, 0.717) is 12.1 Å². The first-order valence-electron chi connectivity index (χ1n) is 10.3. The lowest BCUT2D eigenvalue weighted by Gasteiger charge is -2.30. The second-order valence-corrected chi connectivity index (χ2v) is 7.95. The molecule has 7 nitrogen and oxygen atoms in total. The summed E-state index contributed by atoms with van der Waals surface area (Å²) in [5.74, 6) is -0.386. The van der Waals surface area contributed by atoms with Gasteiger partial charge in [-0.1, -0.05) is 18.2 Å². The van der Waals surface area contributed by atoms with Gasteiger partial charge in [-0.25, -0.2) is 0 Å². The SMILES string of the molecule is CN1CCCC(C(=O)N[C@@H](Cc2c[nH]c3ccccc23)C(=O)Nc2ccncc2)C1.Cl. The zero-order valence-electron chi connectivity index (χ0n) is 17.5. The van der Waals surface area contributed by atoms with Crippen molar-refractivity contribution in [2.75, 3.05) is 25.5 Å². The Bertz CT molecular complexity index is 1020. The molecule has 8 heteroatoms. The highest BCUT2D eigenvalue weighted by Gasteiger charge is 2.29. The van der Waals surface area contributed by atoms with Crippen LogP contribution >= 0.6 is 12.4 Å². The molecule has 1 saturated heterocycles. The number of hydrogen-bond acceptors (Lipinski definition) is 4. The van der Waals surface area contributed by atoms with E-state index in [4.69, 9.17) is 0 Å². The fourth-order valence-electron chi connectivity index (χ4n) is 4.06. The minimum atomic E-state index is -0.669. The molecule has 1 unspecified atom stereocenters. The lowest BCUT2D eigenvalue weighted by molar-refractivity contribution is -0.130. The summed E-state index contributed by atoms with van der Waals surface area (Å²) in [6.45, 7) is 1.72. The predicted octanol–water partition coefficient (Wildman–Crippen LogP) is 2.99. The molecule has 2 aromatic heterocycles. The minimum absolute atomic E-state index is 0. The Balaban J connectivity index is 0.00000272. The number of para-hydroxylation sites is 1. The summed E-state index contributed by atoms with van der Waals surface area (Å²) >= 11 is 0. The minimum Gasteiger partial charge on any atom is -0.361 e. The van der Waals surface area contributed by atoms with E-state index in [2.05, 4.69) is 25.5 Å². The number of carbonyl (C=O) groups excluding carboxylic acids is 2. The highest BCUT2D eigenvalue weighted by atomic mass is 35.5. The Morgan fingerprint density at radius 1 is 1.23 bits per heavy atom. The van der Waals surface area contributed by atoms with Crippen LogP contribution in [0.3, 0.4) is 0 Å². The number of anilines is 1. The molecule has 0 bridgehead atoms. The average Bonchev–Trinajstić information content (AvgIpc) is 3.17. The Morgan fingerprint density at radius 2 is 2.00 bits per heavy atom. The van der Waals surface area contributed by atoms with E-state index in [1.54, 1.807) is 24.5 Å². The molecule has 4 rings (SSSR count). The van der Waals surface area contributed by atoms with Crippen LogP contribution in [-0.4, -0.2) is 52.9 Å². The molecule has 2 amide bonds. The van der Waals surface area contributed by atoms with Crippen molar-refractivity contribution < 1.29 is 9.59 Å². The maximum atomic E-state index is 13.1. The van der Waals surface area contributed by atoms with Crippen molar-refractivity contribution in [1.29, 1.82) is 0 Å². The van der Waals surface area contributed by atoms with E-state index in [9.17, 15) is 9.59 Å². The third-order valence-electron chi connectivity index (χ3n) is 5.68. The lowest BCUT2D eigenvalue weighted by Crippen LogP contribution is -2.50. The van der Waals surface area contributed by atoms with Gasteiger partial charge in [-0.2, -0.15) is 0 Å². The largest absolute Gasteiger partial charge is 0.361 e. The van der Waals surface area contributed by atoms with E-state index in [1.165, 1.54) is 0 Å². The number of aromatic nitrogens is 2. The normalized spacial score (nSPS) is 17.5. The van der Waals surface area contributed by atoms with Crippen molar-refractivity contribution in [3.8, 4) is 0 Å². The van der Waals surface area contributed by atoms with Crippen LogP contribution in [0.1, 0.15) is 18.4 Å². The van der Waals surface area contributed by atoms with Gasteiger partial charge in [0, 0.05) is 48.1 Å². The van der Waals surface area contributed by atoms with Gasteiger partial charge in [0.25, 0.3) is 0 Å². The summed E-state index contributed by atoms with van der Waals surface area (Å²) in [4.78, 5) is 35.4. The van der Waals surface area contributed by atoms with Gasteiger partial charge in [0.15, 0.2) is 0 Å². The van der Waals surface area contributed by atoms with Gasteiger partial charge in [0.1, 0.15) is 6.04 Å². The Morgan fingerprint density at radius 3 is 2.77 bits per heavy atom. The summed E-state index contributed by atoms with van der Waals surface area (Å²) in [5, 5.41) is 6.99. The second kappa shape index (κ2) is 10.4. The summed E-state index contributed by atoms with van der Waals surface area (Å²) in [7, 11) is 2.03. The molecule has 1 aromatic carbocycles. The van der Waals surface area contributed by atoms with Crippen LogP contribution in [0, 0.1) is 5.92 Å². The fraction of sp³-hybridized carbons (Fsp3) is 0.348. The van der Waals surface area contributed by atoms with Gasteiger partial charge in [-0.3, -0.25) is 14.6 Å². The first kappa shape index (κ1) is 22.8. The van der Waals surface area contributed by atoms with Crippen LogP contribution in [0.15, 0.2) is 55.0 Å². The molecule has 0 radical (unpaired) electrons. The van der Waals surface area contributed by atoms with Crippen LogP contribution in [0.25, 0.3) is 10.9 Å². The number of nitrogens with zero attached hydrogens (tertiary/aromatic N) is 2. The molecule has 0 saturated carbocycles. The Labute approximate surface area is 188 Å². The maximum Gasteiger partial charge on any atom is 0.247 e. The number of aromatic amines is 1. The molecule has 3 heterocycles. The molecular weight excluding hydrogens is 414 g/mol. The van der Waals surface area contributed by atoms with Gasteiger partial charge in [0.2, 0.25) is 11.8 Å². The van der Waals surface area contributed by atoms with Gasteiger partial charge in [-0.05, 0) is 50.2 Å². The highest BCUT2D eigenvalue weighted by Crippen LogP contribution is 2.21. The average molecular weight is 442 g/mol. The number of H-pyrrole nitrogens is 1. The zero-order valence-corrected chi connectivity index (χ0v) is 18.3. The topological polar surface area (TPSA) is 90.1 Å². The van der Waals surface area contributed by atoms with E-state index in [-0.39, 0.29) is 30.1 Å². The molecule has 164 valence electrons. The molecule has 1 aliphatic heterocycles. The first-order chi connectivity index (χ1) is 14.6. The van der Waals surface area contributed by atoms with Crippen molar-refractivity contribution >= 4 is 40.8 Å². The van der Waals surface area contributed by atoms with Crippen LogP contribution in [-0.2, 0) is 16.0 Å². The van der Waals surface area contributed by atoms with Gasteiger partial charge >= 0.3 is 0 Å². The van der Waals surface area contributed by atoms with Gasteiger partial charge in [0.05, 0.1) is 5.92 Å². The summed E-state index contributed by atoms with van der Waals surface area (Å²) in [6.07, 6.45) is 7.42. The molecule has 3 aromatic rings. The Hall–Kier alpha value is -2.90. The number of likely N-dealkylation sites (tertiary alicyclic amines) is 1. The molecule has 3 N–H and O–H groups in total. The summed E-state index contributed by atoms with van der Waals surface area (Å²) < 4.78 is 0. The van der Waals surface area contributed by atoms with E-state index >= 15 is 0 Å². The summed E-state index contributed by atoms with van der Waals surface area (Å²) in [6, 6.07) is 10.8. The van der Waals surface area contributed by atoms with Crippen LogP contribution in [0.4, 0.5) is 5.69 Å². The number of fused-ring (bicyclic) bond motifs is 1. The van der Waals surface area contributed by atoms with Crippen molar-refractivity contribution in [1.82, 2.24) is 20.2 Å². The molecule has 2 atom stereocenters. The maximum absolute atomic E-state index is 13.1. The summed E-state index contributed by atoms with van der Waals surface area (Å²) in [5.41, 5.74) is 2.67. The highest BCUT2D eigenvalue weighted by molar-refractivity contribution is 5.98. The van der Waals surface area contributed by atoms with E-state index < -0.39 is 6.04 Å². The molecule has 0 aliphatic carbocycles. The smallest absolute Gasteiger partial charge is 0.247 e. The van der Waals surface area contributed by atoms with Crippen molar-refractivity contribution in [3.05, 3.63) is 60.6 Å². The molecule has 31 heavy (non-hydrogen) atoms. The van der Waals surface area contributed by atoms with Crippen LogP contribution in [0.5, 0.6) is 0 Å². The number of pyridine rings is 1. The van der Waals surface area contributed by atoms with Gasteiger partial charge in [-0.15, -0.1) is 12.4 Å². The predicted molar refractivity (Wildman–Crippen MR) is 124 cm³/mol. The van der Waals surface area contributed by atoms with Crippen LogP contribution < -0.4 is 10.6 Å². The lowest BCUT2D eigenvalue weighted by atomic mass is 9.96. The van der Waals surface area contributed by atoms with Crippen molar-refractivity contribution in [3.63, 3.8) is 0 Å². The number of piperidine rings is 1. The molecule has 0 spiro atoms. The molecular formula is C23H28ClN5O2. The number of carbonyl (C=O) groups is 2. The molecule has 1 fully saturated rings. The van der Waals surface area contributed by atoms with Crippen molar-refractivity contribution in [2.45, 2.75) is 25.3 Å². The molecule has 1 aliphatic rings. The number of rotatable bonds is 6. The second-order valence-electron chi connectivity index (χ2n) is 7.95. The third-order valence-corrected chi connectivity index (χ3v) is 5.68. The standard InChI is InChI=1S/C23H27N5O2.ClH/c1-28-12-4-5-16(15-28)22(29)27-21(23(30)26-18-8-10-24-11-9-18)13-17-14-25-20-7-3-2-6-19(17)20;/h2-3,6-11,14,16,21,25H,4-5,12-13,15H2,1H3,(H,27,29)(H,24,26,30);1H/t16?,21-;/m0./s1. The quantitative estimate of drug-likeness (QED) is 0.548. The monoisotopic (exact) mass is 441 g/mol. The third kappa shape index (κ3) is 5.62. The Kier molecular flexibility index (Phi) is 7.65. The van der Waals surface area contributed by atoms with E-state index in [1.807, 2.05) is 37.5 Å². The number of nitrogens with one attached hydrogen (secondary N) is 3. The van der Waals surface area contributed by atoms with E-state index in [0.717, 1.165) is 42.4 Å². The van der Waals surface area contributed by atoms with Crippen LogP contribution in [0.2, 0.25) is 0 Å². The number of benzene rings is 1. The zero-order chi connectivity index (χ0) is 20.9. The number of amides is 2.